The van der Waals surface area contributed by atoms with Crippen LogP contribution < -0.4 is 10.6 Å². The van der Waals surface area contributed by atoms with Gasteiger partial charge in [-0.2, -0.15) is 5.26 Å². The highest BCUT2D eigenvalue weighted by Crippen LogP contribution is 2.43. The molecule has 31 heavy (non-hydrogen) atoms. The summed E-state index contributed by atoms with van der Waals surface area (Å²) in [6.07, 6.45) is 0. The number of rotatable bonds is 4. The van der Waals surface area contributed by atoms with E-state index < -0.39 is 23.7 Å². The van der Waals surface area contributed by atoms with E-state index in [1.165, 1.54) is 6.07 Å². The third-order valence-electron chi connectivity index (χ3n) is 4.72. The lowest BCUT2D eigenvalue weighted by Crippen LogP contribution is -2.40. The van der Waals surface area contributed by atoms with Crippen molar-refractivity contribution in [3.63, 3.8) is 0 Å². The fourth-order valence-electron chi connectivity index (χ4n) is 3.45. The quantitative estimate of drug-likeness (QED) is 0.725. The van der Waals surface area contributed by atoms with Gasteiger partial charge in [0, 0.05) is 5.02 Å². The summed E-state index contributed by atoms with van der Waals surface area (Å²) >= 11 is 5.99. The molecule has 0 bridgehead atoms. The molecule has 158 valence electrons. The Kier molecular flexibility index (Phi) is 6.28. The van der Waals surface area contributed by atoms with E-state index in [9.17, 15) is 19.2 Å². The van der Waals surface area contributed by atoms with E-state index in [1.807, 2.05) is 6.07 Å². The van der Waals surface area contributed by atoms with Gasteiger partial charge in [0.1, 0.15) is 17.3 Å². The standard InChI is InChI=1S/C22H17ClFN3O4/c1-30-21(28)18-17(12-6-4-3-5-7-12)16(11-25)20(26)27(19(18)22(29)31-2)15-9-13(23)8-14(24)10-15/h3-10,17H,26H2,1-2H3. The van der Waals surface area contributed by atoms with E-state index in [0.29, 0.717) is 5.56 Å². The number of esters is 2. The maximum Gasteiger partial charge on any atom is 0.355 e. The number of ether oxygens (including phenoxy) is 2. The number of benzene rings is 2. The maximum absolute atomic E-state index is 14.1. The fraction of sp³-hybridized carbons (Fsp3) is 0.136. The number of hydrogen-bond donors (Lipinski definition) is 1. The molecular weight excluding hydrogens is 425 g/mol. The van der Waals surface area contributed by atoms with Gasteiger partial charge in [-0.15, -0.1) is 0 Å². The highest BCUT2D eigenvalue weighted by molar-refractivity contribution is 6.30. The van der Waals surface area contributed by atoms with Gasteiger partial charge in [-0.1, -0.05) is 41.9 Å². The molecule has 1 atom stereocenters. The molecule has 1 aliphatic rings. The van der Waals surface area contributed by atoms with Gasteiger partial charge in [0.15, 0.2) is 0 Å². The Bertz CT molecular complexity index is 1130. The Labute approximate surface area is 182 Å². The third-order valence-corrected chi connectivity index (χ3v) is 4.93. The second kappa shape index (κ2) is 8.90. The minimum atomic E-state index is -1.01. The largest absolute Gasteiger partial charge is 0.466 e. The van der Waals surface area contributed by atoms with Crippen molar-refractivity contribution in [3.05, 3.63) is 87.6 Å². The number of hydrogen-bond acceptors (Lipinski definition) is 7. The molecule has 1 unspecified atom stereocenters. The minimum Gasteiger partial charge on any atom is -0.466 e. The molecule has 1 heterocycles. The molecule has 0 saturated heterocycles. The van der Waals surface area contributed by atoms with Gasteiger partial charge in [0.2, 0.25) is 0 Å². The molecule has 1 aliphatic heterocycles. The van der Waals surface area contributed by atoms with Crippen molar-refractivity contribution in [1.29, 1.82) is 5.26 Å². The Morgan fingerprint density at radius 2 is 1.77 bits per heavy atom. The van der Waals surface area contributed by atoms with Crippen molar-refractivity contribution in [2.24, 2.45) is 5.73 Å². The highest BCUT2D eigenvalue weighted by Gasteiger charge is 2.43. The second-order valence-electron chi connectivity index (χ2n) is 6.46. The zero-order chi connectivity index (χ0) is 22.7. The van der Waals surface area contributed by atoms with Crippen LogP contribution in [0.15, 0.2) is 71.2 Å². The van der Waals surface area contributed by atoms with Crippen LogP contribution in [0.5, 0.6) is 0 Å². The summed E-state index contributed by atoms with van der Waals surface area (Å²) in [6, 6.07) is 14.0. The Morgan fingerprint density at radius 1 is 1.13 bits per heavy atom. The molecule has 2 N–H and O–H groups in total. The van der Waals surface area contributed by atoms with Gasteiger partial charge in [-0.3, -0.25) is 4.90 Å². The Morgan fingerprint density at radius 3 is 2.32 bits per heavy atom. The molecule has 9 heteroatoms. The van der Waals surface area contributed by atoms with Crippen molar-refractivity contribution >= 4 is 29.2 Å². The SMILES string of the molecule is COC(=O)C1=C(C(=O)OC)N(c2cc(F)cc(Cl)c2)C(N)=C(C#N)C1c1ccccc1. The van der Waals surface area contributed by atoms with Gasteiger partial charge < -0.3 is 15.2 Å². The molecule has 0 fully saturated rings. The molecule has 0 radical (unpaired) electrons. The number of methoxy groups -OCH3 is 2. The maximum atomic E-state index is 14.1. The molecule has 0 spiro atoms. The van der Waals surface area contributed by atoms with Crippen LogP contribution in [0, 0.1) is 17.1 Å². The molecule has 2 aromatic rings. The zero-order valence-electron chi connectivity index (χ0n) is 16.6. The van der Waals surface area contributed by atoms with Crippen LogP contribution in [-0.4, -0.2) is 26.2 Å². The van der Waals surface area contributed by atoms with Crippen LogP contribution in [0.4, 0.5) is 10.1 Å². The van der Waals surface area contributed by atoms with Crippen LogP contribution in [0.25, 0.3) is 0 Å². The number of carbonyl (C=O) groups is 2. The first-order valence-corrected chi connectivity index (χ1v) is 9.33. The molecule has 2 aromatic carbocycles. The monoisotopic (exact) mass is 441 g/mol. The predicted octanol–water partition coefficient (Wildman–Crippen LogP) is 3.38. The normalized spacial score (nSPS) is 16.1. The van der Waals surface area contributed by atoms with E-state index in [-0.39, 0.29) is 33.4 Å². The first-order valence-electron chi connectivity index (χ1n) is 8.95. The average Bonchev–Trinajstić information content (AvgIpc) is 2.76. The number of halogens is 2. The topological polar surface area (TPSA) is 106 Å². The highest BCUT2D eigenvalue weighted by atomic mass is 35.5. The zero-order valence-corrected chi connectivity index (χ0v) is 17.3. The van der Waals surface area contributed by atoms with Gasteiger partial charge in [0.25, 0.3) is 0 Å². The van der Waals surface area contributed by atoms with Crippen LogP contribution in [-0.2, 0) is 19.1 Å². The molecular formula is C22H17ClFN3O4. The van der Waals surface area contributed by atoms with Crippen LogP contribution in [0.1, 0.15) is 11.5 Å². The third kappa shape index (κ3) is 3.96. The number of nitriles is 1. The predicted molar refractivity (Wildman–Crippen MR) is 111 cm³/mol. The first-order chi connectivity index (χ1) is 14.8. The summed E-state index contributed by atoms with van der Waals surface area (Å²) in [5.74, 6) is -3.69. The van der Waals surface area contributed by atoms with Gasteiger partial charge >= 0.3 is 11.9 Å². The number of allylic oxidation sites excluding steroid dienone is 1. The minimum absolute atomic E-state index is 0.0234. The van der Waals surface area contributed by atoms with E-state index in [1.54, 1.807) is 30.3 Å². The van der Waals surface area contributed by atoms with E-state index >= 15 is 0 Å². The lowest BCUT2D eigenvalue weighted by molar-refractivity contribution is -0.139. The molecule has 0 amide bonds. The molecule has 0 aromatic heterocycles. The van der Waals surface area contributed by atoms with Crippen molar-refractivity contribution in [2.45, 2.75) is 5.92 Å². The summed E-state index contributed by atoms with van der Waals surface area (Å²) in [5, 5.41) is 9.94. The number of nitrogens with zero attached hydrogens (tertiary/aromatic N) is 2. The van der Waals surface area contributed by atoms with Gasteiger partial charge in [-0.25, -0.2) is 14.0 Å². The van der Waals surface area contributed by atoms with Crippen molar-refractivity contribution in [3.8, 4) is 6.07 Å². The number of carbonyl (C=O) groups excluding carboxylic acids is 2. The molecule has 7 nitrogen and oxygen atoms in total. The van der Waals surface area contributed by atoms with E-state index in [2.05, 4.69) is 0 Å². The van der Waals surface area contributed by atoms with E-state index in [4.69, 9.17) is 26.8 Å². The summed E-state index contributed by atoms with van der Waals surface area (Å²) in [5.41, 5.74) is 6.36. The average molecular weight is 442 g/mol. The van der Waals surface area contributed by atoms with Gasteiger partial charge in [0.05, 0.1) is 43.0 Å². The number of nitrogens with two attached hydrogens (primary N) is 1. The number of anilines is 1. The van der Waals surface area contributed by atoms with Crippen molar-refractivity contribution in [1.82, 2.24) is 0 Å². The smallest absolute Gasteiger partial charge is 0.355 e. The van der Waals surface area contributed by atoms with Gasteiger partial charge in [-0.05, 0) is 23.8 Å². The van der Waals surface area contributed by atoms with E-state index in [0.717, 1.165) is 31.3 Å². The molecule has 0 saturated carbocycles. The van der Waals surface area contributed by atoms with Crippen LogP contribution in [0.3, 0.4) is 0 Å². The fourth-order valence-corrected chi connectivity index (χ4v) is 3.67. The Hall–Kier alpha value is -3.83. The summed E-state index contributed by atoms with van der Waals surface area (Å²) in [7, 11) is 2.27. The summed E-state index contributed by atoms with van der Waals surface area (Å²) in [6.45, 7) is 0. The van der Waals surface area contributed by atoms with Crippen LogP contribution >= 0.6 is 11.6 Å². The first kappa shape index (κ1) is 21.9. The lowest BCUT2D eigenvalue weighted by Gasteiger charge is -2.35. The summed E-state index contributed by atoms with van der Waals surface area (Å²) < 4.78 is 23.9. The second-order valence-corrected chi connectivity index (χ2v) is 6.90. The van der Waals surface area contributed by atoms with Crippen molar-refractivity contribution < 1.29 is 23.5 Å². The summed E-state index contributed by atoms with van der Waals surface area (Å²) in [4.78, 5) is 26.8. The lowest BCUT2D eigenvalue weighted by atomic mass is 9.81. The Balaban J connectivity index is 2.43. The van der Waals surface area contributed by atoms with Crippen molar-refractivity contribution in [2.75, 3.05) is 19.1 Å². The molecule has 0 aliphatic carbocycles. The molecule has 3 rings (SSSR count). The van der Waals surface area contributed by atoms with Crippen LogP contribution in [0.2, 0.25) is 5.02 Å².